The van der Waals surface area contributed by atoms with Crippen LogP contribution in [-0.4, -0.2) is 87.7 Å². The molecule has 0 aliphatic rings. The molecule has 0 spiro atoms. The molecule has 0 aromatic heterocycles. The molecule has 6 atom stereocenters. The van der Waals surface area contributed by atoms with E-state index in [-0.39, 0.29) is 71.6 Å². The summed E-state index contributed by atoms with van der Waals surface area (Å²) in [5.41, 5.74) is 0. The van der Waals surface area contributed by atoms with Gasteiger partial charge in [0.1, 0.15) is 0 Å². The minimum Gasteiger partial charge on any atom is -0.397 e. The fraction of sp³-hybridized carbons (Fsp3) is 1.00. The minimum absolute atomic E-state index is 0. The van der Waals surface area contributed by atoms with E-state index < -0.39 is 18.1 Å². The maximum Gasteiger partial charge on any atom is 0.677 e. The first-order valence-corrected chi connectivity index (χ1v) is 18.6. The standard InChI is InChI=1S/2C12H28O4Si.2C2H6O.Ti/c2*1-7-10(4)14-17(13,15-11(5)8-2)16-12(6)9-3;2*1-2-3;/h2*10-13H,7-9H2,1-6H3;2*3H,2H2,1H3;. The van der Waals surface area contributed by atoms with Crippen molar-refractivity contribution in [2.75, 3.05) is 13.2 Å². The van der Waals surface area contributed by atoms with Gasteiger partial charge in [-0.2, -0.15) is 0 Å². The van der Waals surface area contributed by atoms with E-state index in [1.54, 1.807) is 13.8 Å². The van der Waals surface area contributed by atoms with Crippen LogP contribution in [0.2, 0.25) is 0 Å². The van der Waals surface area contributed by atoms with Crippen molar-refractivity contribution < 1.29 is 68.1 Å². The van der Waals surface area contributed by atoms with Crippen LogP contribution < -0.4 is 0 Å². The van der Waals surface area contributed by atoms with Crippen LogP contribution in [0.5, 0.6) is 0 Å². The molecule has 0 radical (unpaired) electrons. The van der Waals surface area contributed by atoms with Crippen molar-refractivity contribution in [1.82, 2.24) is 0 Å². The Bertz CT molecular complexity index is 420. The van der Waals surface area contributed by atoms with Crippen molar-refractivity contribution in [3.8, 4) is 0 Å². The predicted octanol–water partition coefficient (Wildman–Crippen LogP) is 5.71. The minimum atomic E-state index is -3.50. The van der Waals surface area contributed by atoms with Crippen LogP contribution in [0, 0.1) is 0 Å². The number of hydrogen-bond acceptors (Lipinski definition) is 10. The Kier molecular flexibility index (Phi) is 40.3. The van der Waals surface area contributed by atoms with Crippen molar-refractivity contribution in [3.63, 3.8) is 0 Å². The van der Waals surface area contributed by atoms with Gasteiger partial charge in [0.05, 0.1) is 0 Å². The Morgan fingerprint density at radius 1 is 0.390 bits per heavy atom. The molecule has 0 heterocycles. The quantitative estimate of drug-likeness (QED) is 0.134. The largest absolute Gasteiger partial charge is 0.677 e. The topological polar surface area (TPSA) is 136 Å². The van der Waals surface area contributed by atoms with Gasteiger partial charge in [-0.25, -0.2) is 0 Å². The summed E-state index contributed by atoms with van der Waals surface area (Å²) in [4.78, 5) is 20.8. The molecule has 0 aliphatic carbocycles. The van der Waals surface area contributed by atoms with Gasteiger partial charge in [0.2, 0.25) is 0 Å². The van der Waals surface area contributed by atoms with Crippen LogP contribution in [0.4, 0.5) is 0 Å². The third-order valence-corrected chi connectivity index (χ3v) is 9.75. The van der Waals surface area contributed by atoms with E-state index in [0.29, 0.717) is 0 Å². The zero-order valence-corrected chi connectivity index (χ0v) is 32.4. The van der Waals surface area contributed by atoms with Crippen LogP contribution in [0.3, 0.4) is 0 Å². The van der Waals surface area contributed by atoms with E-state index in [1.165, 1.54) is 0 Å². The fourth-order valence-electron chi connectivity index (χ4n) is 2.19. The number of aliphatic hydroxyl groups excluding tert-OH is 2. The third-order valence-electron chi connectivity index (χ3n) is 5.55. The smallest absolute Gasteiger partial charge is 0.397 e. The molecule has 6 unspecified atom stereocenters. The molecular formula is C28H68O10Si2Ti. The normalized spacial score (nSPS) is 18.0. The van der Waals surface area contributed by atoms with Gasteiger partial charge in [-0.15, -0.1) is 0 Å². The molecule has 4 N–H and O–H groups in total. The SMILES string of the molecule is CCC(C)O[Si](O)(OC(C)CC)OC(C)CC.CCC(C)O[Si](O)(OC(C)CC)OC(C)CC.CCO.CCO.[Ti]. The summed E-state index contributed by atoms with van der Waals surface area (Å²) in [5.74, 6) is 0. The van der Waals surface area contributed by atoms with Gasteiger partial charge in [0.15, 0.2) is 0 Å². The van der Waals surface area contributed by atoms with E-state index in [2.05, 4.69) is 0 Å². The van der Waals surface area contributed by atoms with Gasteiger partial charge in [-0.3, -0.25) is 0 Å². The summed E-state index contributed by atoms with van der Waals surface area (Å²) in [6.07, 6.45) is 4.60. The first-order chi connectivity index (χ1) is 18.6. The average Bonchev–Trinajstić information content (AvgIpc) is 2.88. The van der Waals surface area contributed by atoms with E-state index in [4.69, 9.17) is 36.8 Å². The van der Waals surface area contributed by atoms with Crippen LogP contribution >= 0.6 is 0 Å². The van der Waals surface area contributed by atoms with Gasteiger partial charge >= 0.3 is 18.1 Å². The Labute approximate surface area is 270 Å². The average molecular weight is 669 g/mol. The predicted molar refractivity (Wildman–Crippen MR) is 166 cm³/mol. The summed E-state index contributed by atoms with van der Waals surface area (Å²) >= 11 is 0. The van der Waals surface area contributed by atoms with E-state index >= 15 is 0 Å². The number of aliphatic hydroxyl groups is 2. The Balaban J connectivity index is -0.000000173. The molecule has 41 heavy (non-hydrogen) atoms. The van der Waals surface area contributed by atoms with E-state index in [1.807, 2.05) is 83.1 Å². The second kappa shape index (κ2) is 32.2. The van der Waals surface area contributed by atoms with Crippen molar-refractivity contribution in [2.24, 2.45) is 0 Å². The molecule has 252 valence electrons. The molecule has 0 fully saturated rings. The van der Waals surface area contributed by atoms with Gasteiger partial charge in [0.25, 0.3) is 0 Å². The molecule has 0 rings (SSSR count). The van der Waals surface area contributed by atoms with Crippen LogP contribution in [0.1, 0.15) is 135 Å². The molecule has 0 aliphatic heterocycles. The van der Waals surface area contributed by atoms with Crippen LogP contribution in [0.25, 0.3) is 0 Å². The van der Waals surface area contributed by atoms with Crippen LogP contribution in [-0.2, 0) is 48.3 Å². The van der Waals surface area contributed by atoms with E-state index in [9.17, 15) is 9.59 Å². The second-order valence-electron chi connectivity index (χ2n) is 9.70. The fourth-order valence-corrected chi connectivity index (χ4v) is 6.58. The van der Waals surface area contributed by atoms with E-state index in [0.717, 1.165) is 38.5 Å². The summed E-state index contributed by atoms with van der Waals surface area (Å²) in [5, 5.41) is 15.1. The maximum absolute atomic E-state index is 10.4. The van der Waals surface area contributed by atoms with Crippen molar-refractivity contribution in [2.45, 2.75) is 172 Å². The molecular weight excluding hydrogens is 600 g/mol. The molecule has 0 saturated heterocycles. The molecule has 0 aromatic rings. The third kappa shape index (κ3) is 33.5. The van der Waals surface area contributed by atoms with Gasteiger partial charge in [-0.05, 0) is 93.9 Å². The van der Waals surface area contributed by atoms with Gasteiger partial charge < -0.3 is 46.4 Å². The van der Waals surface area contributed by atoms with Crippen molar-refractivity contribution in [3.05, 3.63) is 0 Å². The molecule has 0 amide bonds. The zero-order chi connectivity index (χ0) is 32.4. The number of hydrogen-bond donors (Lipinski definition) is 4. The summed E-state index contributed by atoms with van der Waals surface area (Å²) in [7, 11) is -7.00. The monoisotopic (exact) mass is 668 g/mol. The summed E-state index contributed by atoms with van der Waals surface area (Å²) < 4.78 is 33.5. The summed E-state index contributed by atoms with van der Waals surface area (Å²) in [6, 6.07) is 0. The Hall–Kier alpha value is 0.748. The van der Waals surface area contributed by atoms with Crippen molar-refractivity contribution in [1.29, 1.82) is 0 Å². The molecule has 0 saturated carbocycles. The van der Waals surface area contributed by atoms with Crippen LogP contribution in [0.15, 0.2) is 0 Å². The molecule has 10 nitrogen and oxygen atoms in total. The maximum atomic E-state index is 10.4. The van der Waals surface area contributed by atoms with Crippen molar-refractivity contribution >= 4 is 18.1 Å². The first-order valence-electron chi connectivity index (χ1n) is 15.3. The summed E-state index contributed by atoms with van der Waals surface area (Å²) in [6.45, 7) is 27.4. The number of rotatable bonds is 18. The zero-order valence-electron chi connectivity index (χ0n) is 28.9. The molecule has 0 bridgehead atoms. The molecule has 13 heteroatoms. The Morgan fingerprint density at radius 3 is 0.561 bits per heavy atom. The van der Waals surface area contributed by atoms with Gasteiger partial charge in [0, 0.05) is 71.6 Å². The second-order valence-corrected chi connectivity index (χ2v) is 13.2. The molecule has 0 aromatic carbocycles. The first kappa shape index (κ1) is 51.3. The Morgan fingerprint density at radius 2 is 0.488 bits per heavy atom. The van der Waals surface area contributed by atoms with Gasteiger partial charge in [-0.1, -0.05) is 41.5 Å².